The molecule has 1 heterocycles. The molecule has 1 aromatic carbocycles. The molecule has 0 saturated heterocycles. The minimum Gasteiger partial charge on any atom is -0.143 e. The predicted octanol–water partition coefficient (Wildman–Crippen LogP) is 6.45. The van der Waals surface area contributed by atoms with Gasteiger partial charge in [-0.05, 0) is 41.1 Å². The first kappa shape index (κ1) is 13.7. The van der Waals surface area contributed by atoms with Crippen LogP contribution in [0, 0.1) is 6.92 Å². The van der Waals surface area contributed by atoms with Crippen molar-refractivity contribution in [2.75, 3.05) is 0 Å². The van der Waals surface area contributed by atoms with Crippen LogP contribution in [0.1, 0.15) is 20.7 Å². The maximum absolute atomic E-state index is 6.45. The summed E-state index contributed by atoms with van der Waals surface area (Å²) in [6.07, 6.45) is 0. The number of rotatable bonds is 2. The van der Waals surface area contributed by atoms with E-state index >= 15 is 0 Å². The quantitative estimate of drug-likeness (QED) is 0.533. The van der Waals surface area contributed by atoms with Crippen LogP contribution in [0.4, 0.5) is 0 Å². The molecule has 0 bridgehead atoms. The zero-order valence-electron chi connectivity index (χ0n) is 8.81. The van der Waals surface area contributed by atoms with Crippen LogP contribution >= 0.6 is 62.1 Å². The average Bonchev–Trinajstić information content (AvgIpc) is 2.59. The minimum atomic E-state index is -0.314. The number of aryl methyl sites for hydroxylation is 1. The summed E-state index contributed by atoms with van der Waals surface area (Å²) in [7, 11) is 0. The Morgan fingerprint density at radius 1 is 1.24 bits per heavy atom. The van der Waals surface area contributed by atoms with Crippen molar-refractivity contribution >= 4 is 62.1 Å². The number of thiophene rings is 1. The van der Waals surface area contributed by atoms with Crippen molar-refractivity contribution in [2.45, 2.75) is 12.3 Å². The lowest BCUT2D eigenvalue weighted by Gasteiger charge is -2.11. The molecule has 0 spiro atoms. The van der Waals surface area contributed by atoms with Gasteiger partial charge in [-0.2, -0.15) is 0 Å². The fourth-order valence-electron chi connectivity index (χ4n) is 1.50. The third kappa shape index (κ3) is 2.82. The van der Waals surface area contributed by atoms with Crippen molar-refractivity contribution in [2.24, 2.45) is 0 Å². The van der Waals surface area contributed by atoms with Crippen LogP contribution < -0.4 is 0 Å². The molecule has 0 nitrogen and oxygen atoms in total. The highest BCUT2D eigenvalue weighted by Crippen LogP contribution is 2.42. The van der Waals surface area contributed by atoms with Crippen molar-refractivity contribution in [3.05, 3.63) is 54.1 Å². The maximum Gasteiger partial charge on any atom is 0.0957 e. The van der Waals surface area contributed by atoms with Gasteiger partial charge < -0.3 is 0 Å². The highest BCUT2D eigenvalue weighted by atomic mass is 79.9. The molecular formula is C12H8BrCl3S. The Morgan fingerprint density at radius 3 is 2.29 bits per heavy atom. The van der Waals surface area contributed by atoms with Gasteiger partial charge in [0.15, 0.2) is 0 Å². The second-order valence-electron chi connectivity index (χ2n) is 3.55. The van der Waals surface area contributed by atoms with Crippen LogP contribution in [0.3, 0.4) is 0 Å². The molecule has 0 aliphatic heterocycles. The molecule has 0 saturated carbocycles. The van der Waals surface area contributed by atoms with Gasteiger partial charge in [0.25, 0.3) is 0 Å². The van der Waals surface area contributed by atoms with E-state index in [2.05, 4.69) is 15.9 Å². The Labute approximate surface area is 128 Å². The number of halogens is 4. The summed E-state index contributed by atoms with van der Waals surface area (Å²) in [4.78, 5) is 2.22. The summed E-state index contributed by atoms with van der Waals surface area (Å²) in [6, 6.07) is 7.42. The minimum absolute atomic E-state index is 0.314. The van der Waals surface area contributed by atoms with Gasteiger partial charge in [-0.1, -0.05) is 29.3 Å². The Bertz CT molecular complexity index is 511. The predicted molar refractivity (Wildman–Crippen MR) is 80.9 cm³/mol. The molecule has 0 amide bonds. The van der Waals surface area contributed by atoms with E-state index in [4.69, 9.17) is 34.8 Å². The highest BCUT2D eigenvalue weighted by Gasteiger charge is 2.20. The van der Waals surface area contributed by atoms with Gasteiger partial charge in [-0.25, -0.2) is 0 Å². The lowest BCUT2D eigenvalue weighted by atomic mass is 10.1. The van der Waals surface area contributed by atoms with Crippen LogP contribution in [0.15, 0.2) is 28.7 Å². The molecule has 2 rings (SSSR count). The zero-order valence-corrected chi connectivity index (χ0v) is 13.5. The second kappa shape index (κ2) is 5.50. The van der Waals surface area contributed by atoms with Crippen molar-refractivity contribution < 1.29 is 0 Å². The molecule has 2 aromatic rings. The number of alkyl halides is 1. The standard InChI is InChI=1S/C12H8BrCl3S/c1-6-7(13)5-10(17-6)12(16)11-8(14)3-2-4-9(11)15/h2-5,12H,1H3. The molecule has 1 aromatic heterocycles. The number of benzene rings is 1. The molecule has 90 valence electrons. The number of hydrogen-bond donors (Lipinski definition) is 0. The van der Waals surface area contributed by atoms with Crippen molar-refractivity contribution in [1.29, 1.82) is 0 Å². The molecule has 17 heavy (non-hydrogen) atoms. The molecule has 0 aliphatic rings. The van der Waals surface area contributed by atoms with Gasteiger partial charge in [0.1, 0.15) is 0 Å². The first-order chi connectivity index (χ1) is 8.00. The van der Waals surface area contributed by atoms with Crippen molar-refractivity contribution in [3.63, 3.8) is 0 Å². The van der Waals surface area contributed by atoms with Gasteiger partial charge >= 0.3 is 0 Å². The van der Waals surface area contributed by atoms with Crippen molar-refractivity contribution in [3.8, 4) is 0 Å². The van der Waals surface area contributed by atoms with Crippen LogP contribution in [-0.4, -0.2) is 0 Å². The largest absolute Gasteiger partial charge is 0.143 e. The van der Waals surface area contributed by atoms with Gasteiger partial charge in [0.2, 0.25) is 0 Å². The van der Waals surface area contributed by atoms with E-state index in [0.717, 1.165) is 14.9 Å². The van der Waals surface area contributed by atoms with E-state index in [1.807, 2.05) is 19.1 Å². The lowest BCUT2D eigenvalue weighted by molar-refractivity contribution is 1.18. The van der Waals surface area contributed by atoms with Gasteiger partial charge in [-0.3, -0.25) is 0 Å². The first-order valence-electron chi connectivity index (χ1n) is 4.84. The molecular weight excluding hydrogens is 362 g/mol. The molecule has 0 radical (unpaired) electrons. The topological polar surface area (TPSA) is 0 Å². The van der Waals surface area contributed by atoms with E-state index in [9.17, 15) is 0 Å². The van der Waals surface area contributed by atoms with Crippen molar-refractivity contribution in [1.82, 2.24) is 0 Å². The smallest absolute Gasteiger partial charge is 0.0957 e. The molecule has 0 fully saturated rings. The summed E-state index contributed by atoms with van der Waals surface area (Å²) in [6.45, 7) is 2.04. The van der Waals surface area contributed by atoms with Crippen LogP contribution in [-0.2, 0) is 0 Å². The average molecular weight is 371 g/mol. The first-order valence-corrected chi connectivity index (χ1v) is 7.64. The Hall–Kier alpha value is 0.270. The fraction of sp³-hybridized carbons (Fsp3) is 0.167. The Morgan fingerprint density at radius 2 is 1.82 bits per heavy atom. The second-order valence-corrected chi connectivity index (χ2v) is 6.94. The molecule has 0 N–H and O–H groups in total. The monoisotopic (exact) mass is 368 g/mol. The lowest BCUT2D eigenvalue weighted by Crippen LogP contribution is -1.92. The maximum atomic E-state index is 6.45. The molecule has 0 aliphatic carbocycles. The molecule has 5 heteroatoms. The number of hydrogen-bond acceptors (Lipinski definition) is 1. The summed E-state index contributed by atoms with van der Waals surface area (Å²) >= 11 is 23.9. The van der Waals surface area contributed by atoms with Gasteiger partial charge in [0, 0.05) is 29.8 Å². The van der Waals surface area contributed by atoms with E-state index in [-0.39, 0.29) is 5.38 Å². The third-order valence-electron chi connectivity index (χ3n) is 2.38. The Balaban J connectivity index is 2.47. The normalized spacial score (nSPS) is 12.8. The van der Waals surface area contributed by atoms with E-state index in [1.54, 1.807) is 23.5 Å². The van der Waals surface area contributed by atoms with Crippen LogP contribution in [0.25, 0.3) is 0 Å². The summed E-state index contributed by atoms with van der Waals surface area (Å²) < 4.78 is 1.06. The van der Waals surface area contributed by atoms with Gasteiger partial charge in [-0.15, -0.1) is 22.9 Å². The van der Waals surface area contributed by atoms with E-state index in [0.29, 0.717) is 10.0 Å². The zero-order chi connectivity index (χ0) is 12.6. The fourth-order valence-corrected chi connectivity index (χ4v) is 4.21. The molecule has 1 unspecified atom stereocenters. The van der Waals surface area contributed by atoms with Gasteiger partial charge in [0.05, 0.1) is 5.38 Å². The third-order valence-corrected chi connectivity index (χ3v) is 5.82. The Kier molecular flexibility index (Phi) is 4.43. The van der Waals surface area contributed by atoms with Crippen LogP contribution in [0.5, 0.6) is 0 Å². The summed E-state index contributed by atoms with van der Waals surface area (Å²) in [5.74, 6) is 0. The summed E-state index contributed by atoms with van der Waals surface area (Å²) in [5, 5.41) is 0.880. The highest BCUT2D eigenvalue weighted by molar-refractivity contribution is 9.10. The molecule has 1 atom stereocenters. The summed E-state index contributed by atoms with van der Waals surface area (Å²) in [5.41, 5.74) is 0.770. The van der Waals surface area contributed by atoms with Crippen LogP contribution in [0.2, 0.25) is 10.0 Å². The van der Waals surface area contributed by atoms with E-state index in [1.165, 1.54) is 4.88 Å². The SMILES string of the molecule is Cc1sc(C(Cl)c2c(Cl)cccc2Cl)cc1Br. The van der Waals surface area contributed by atoms with E-state index < -0.39 is 0 Å².